The Morgan fingerprint density at radius 3 is 2.67 bits per heavy atom. The van der Waals surface area contributed by atoms with E-state index in [1.165, 1.54) is 0 Å². The average Bonchev–Trinajstić information content (AvgIpc) is 3.61. The Morgan fingerprint density at radius 1 is 1.18 bits per heavy atom. The number of hydrogen-bond acceptors (Lipinski definition) is 8. The zero-order chi connectivity index (χ0) is 27.5. The summed E-state index contributed by atoms with van der Waals surface area (Å²) in [6.45, 7) is 9.09. The van der Waals surface area contributed by atoms with Crippen molar-refractivity contribution in [2.45, 2.75) is 52.1 Å². The van der Waals surface area contributed by atoms with Crippen LogP contribution >= 0.6 is 11.3 Å². The highest BCUT2D eigenvalue weighted by Gasteiger charge is 2.35. The van der Waals surface area contributed by atoms with Crippen molar-refractivity contribution in [1.82, 2.24) is 29.8 Å². The zero-order valence-corrected chi connectivity index (χ0v) is 23.7. The molecule has 4 aromatic rings. The van der Waals surface area contributed by atoms with Gasteiger partial charge in [0.05, 0.1) is 28.0 Å². The summed E-state index contributed by atoms with van der Waals surface area (Å²) in [5.41, 5.74) is 3.50. The molecule has 204 valence electrons. The maximum Gasteiger partial charge on any atom is 0.242 e. The number of carbonyl (C=O) groups is 2. The molecule has 0 aromatic carbocycles. The number of amides is 1. The number of hydrogen-bond donors (Lipinski definition) is 1. The number of pyridine rings is 1. The number of likely N-dealkylation sites (N-methyl/N-ethyl adjacent to an activating group) is 1. The zero-order valence-electron chi connectivity index (χ0n) is 22.9. The third-order valence-corrected chi connectivity index (χ3v) is 8.53. The first kappa shape index (κ1) is 27.0. The van der Waals surface area contributed by atoms with E-state index in [1.54, 1.807) is 29.1 Å². The van der Waals surface area contributed by atoms with Crippen LogP contribution in [0.4, 0.5) is 5.82 Å². The molecule has 4 aromatic heterocycles. The predicted octanol–water partition coefficient (Wildman–Crippen LogP) is 4.54. The van der Waals surface area contributed by atoms with Crippen LogP contribution in [0.5, 0.6) is 0 Å². The van der Waals surface area contributed by atoms with E-state index in [0.717, 1.165) is 42.1 Å². The van der Waals surface area contributed by atoms with Crippen LogP contribution in [0.3, 0.4) is 0 Å². The molecular weight excluding hydrogens is 510 g/mol. The highest BCUT2D eigenvalue weighted by Crippen LogP contribution is 2.32. The van der Waals surface area contributed by atoms with E-state index in [2.05, 4.69) is 36.1 Å². The van der Waals surface area contributed by atoms with E-state index < -0.39 is 0 Å². The van der Waals surface area contributed by atoms with Gasteiger partial charge in [-0.05, 0) is 62.5 Å². The van der Waals surface area contributed by atoms with E-state index in [4.69, 9.17) is 9.97 Å². The van der Waals surface area contributed by atoms with Gasteiger partial charge in [0.1, 0.15) is 11.9 Å². The molecule has 0 radical (unpaired) electrons. The summed E-state index contributed by atoms with van der Waals surface area (Å²) in [7, 11) is 1.64. The lowest BCUT2D eigenvalue weighted by atomic mass is 9.99. The van der Waals surface area contributed by atoms with Gasteiger partial charge >= 0.3 is 0 Å². The van der Waals surface area contributed by atoms with Crippen molar-refractivity contribution in [1.29, 1.82) is 0 Å². The molecule has 2 atom stereocenters. The van der Waals surface area contributed by atoms with Crippen LogP contribution in [-0.4, -0.2) is 74.9 Å². The fraction of sp³-hybridized carbons (Fsp3) is 0.414. The third-order valence-electron chi connectivity index (χ3n) is 7.64. The summed E-state index contributed by atoms with van der Waals surface area (Å²) in [6, 6.07) is 9.69. The van der Waals surface area contributed by atoms with Crippen molar-refractivity contribution in [3.05, 3.63) is 53.7 Å². The van der Waals surface area contributed by atoms with Crippen LogP contribution in [-0.2, 0) is 4.79 Å². The fourth-order valence-electron chi connectivity index (χ4n) is 5.19. The smallest absolute Gasteiger partial charge is 0.242 e. The largest absolute Gasteiger partial charge is 0.357 e. The van der Waals surface area contributed by atoms with Crippen molar-refractivity contribution in [2.24, 2.45) is 0 Å². The Morgan fingerprint density at radius 2 is 2.00 bits per heavy atom. The second-order valence-corrected chi connectivity index (χ2v) is 10.8. The molecule has 0 spiro atoms. The molecule has 39 heavy (non-hydrogen) atoms. The number of ketones is 1. The number of anilines is 1. The number of thiophene rings is 1. The van der Waals surface area contributed by atoms with Crippen molar-refractivity contribution in [2.75, 3.05) is 31.6 Å². The topological polar surface area (TPSA) is 95.7 Å². The van der Waals surface area contributed by atoms with Crippen molar-refractivity contribution in [3.8, 4) is 21.8 Å². The second-order valence-electron chi connectivity index (χ2n) is 9.86. The standard InChI is InChI=1S/C29H35N7O2S/c1-5-34(6-2)19(3)9-10-25(37)20-16-23(32-27(17-20)35-13-12-24(35)29(38)30-4)21-18-31-36-14-11-22(33-28(21)36)26-8-7-15-39-26/h7-8,11,14-19,24H,5-6,9-10,12-13H2,1-4H3,(H,30,38)/t19-,24-/m0/s1. The first-order valence-electron chi connectivity index (χ1n) is 13.6. The molecule has 9 nitrogen and oxygen atoms in total. The van der Waals surface area contributed by atoms with Gasteiger partial charge < -0.3 is 15.1 Å². The van der Waals surface area contributed by atoms with E-state index in [-0.39, 0.29) is 17.7 Å². The first-order valence-corrected chi connectivity index (χ1v) is 14.5. The molecule has 1 amide bonds. The maximum atomic E-state index is 13.5. The number of carbonyl (C=O) groups excluding carboxylic acids is 2. The van der Waals surface area contributed by atoms with Crippen LogP contribution in [0.2, 0.25) is 0 Å². The molecule has 5 rings (SSSR count). The number of Topliss-reactive ketones (excluding diaryl/α,β-unsaturated/α-hetero) is 1. The predicted molar refractivity (Wildman–Crippen MR) is 155 cm³/mol. The van der Waals surface area contributed by atoms with Crippen molar-refractivity contribution < 1.29 is 9.59 Å². The summed E-state index contributed by atoms with van der Waals surface area (Å²) >= 11 is 1.63. The highest BCUT2D eigenvalue weighted by molar-refractivity contribution is 7.13. The number of rotatable bonds is 11. The van der Waals surface area contributed by atoms with Gasteiger partial charge in [-0.1, -0.05) is 19.9 Å². The van der Waals surface area contributed by atoms with Gasteiger partial charge in [0.25, 0.3) is 0 Å². The first-order chi connectivity index (χ1) is 18.9. The quantitative estimate of drug-likeness (QED) is 0.277. The molecule has 1 aliphatic heterocycles. The molecule has 5 heterocycles. The van der Waals surface area contributed by atoms with Gasteiger partial charge in [-0.2, -0.15) is 5.10 Å². The van der Waals surface area contributed by atoms with Crippen LogP contribution < -0.4 is 10.2 Å². The van der Waals surface area contributed by atoms with Gasteiger partial charge in [-0.15, -0.1) is 11.3 Å². The number of nitrogens with one attached hydrogen (secondary N) is 1. The summed E-state index contributed by atoms with van der Waals surface area (Å²) in [4.78, 5) is 41.2. The van der Waals surface area contributed by atoms with E-state index in [1.807, 2.05) is 46.8 Å². The molecule has 0 aliphatic carbocycles. The lowest BCUT2D eigenvalue weighted by molar-refractivity contribution is -0.123. The minimum absolute atomic E-state index is 0.0485. The van der Waals surface area contributed by atoms with E-state index >= 15 is 0 Å². The molecule has 0 saturated carbocycles. The molecule has 10 heteroatoms. The Balaban J connectivity index is 1.52. The summed E-state index contributed by atoms with van der Waals surface area (Å²) in [5, 5.41) is 9.27. The van der Waals surface area contributed by atoms with Gasteiger partial charge in [0, 0.05) is 37.8 Å². The maximum absolute atomic E-state index is 13.5. The molecule has 0 bridgehead atoms. The SMILES string of the molecule is CCN(CC)[C@@H](C)CCC(=O)c1cc(-c2cnn3ccc(-c4cccs4)nc23)nc(N2CC[C@H]2C(=O)NC)c1. The Hall–Kier alpha value is -3.63. The molecule has 1 saturated heterocycles. The lowest BCUT2D eigenvalue weighted by Gasteiger charge is -2.40. The lowest BCUT2D eigenvalue weighted by Crippen LogP contribution is -2.56. The van der Waals surface area contributed by atoms with Gasteiger partial charge in [0.15, 0.2) is 11.4 Å². The van der Waals surface area contributed by atoms with Crippen LogP contribution in [0.1, 0.15) is 50.4 Å². The van der Waals surface area contributed by atoms with Crippen molar-refractivity contribution in [3.63, 3.8) is 0 Å². The van der Waals surface area contributed by atoms with Crippen LogP contribution in [0, 0.1) is 0 Å². The third kappa shape index (κ3) is 5.44. The Kier molecular flexibility index (Phi) is 8.04. The average molecular weight is 546 g/mol. The number of aromatic nitrogens is 4. The van der Waals surface area contributed by atoms with E-state index in [9.17, 15) is 9.59 Å². The fourth-order valence-corrected chi connectivity index (χ4v) is 5.88. The Labute approximate surface area is 232 Å². The molecule has 1 aliphatic rings. The van der Waals surface area contributed by atoms with E-state index in [0.29, 0.717) is 41.7 Å². The highest BCUT2D eigenvalue weighted by atomic mass is 32.1. The molecule has 0 unspecified atom stereocenters. The summed E-state index contributed by atoms with van der Waals surface area (Å²) in [5.74, 6) is 0.647. The minimum Gasteiger partial charge on any atom is -0.357 e. The summed E-state index contributed by atoms with van der Waals surface area (Å²) in [6.07, 6.45) is 5.60. The molecule has 1 fully saturated rings. The molecule has 1 N–H and O–H groups in total. The van der Waals surface area contributed by atoms with Gasteiger partial charge in [0.2, 0.25) is 5.91 Å². The van der Waals surface area contributed by atoms with Crippen molar-refractivity contribution >= 4 is 34.5 Å². The van der Waals surface area contributed by atoms with Crippen LogP contribution in [0.15, 0.2) is 48.1 Å². The Bertz CT molecular complexity index is 1460. The second kappa shape index (κ2) is 11.6. The number of nitrogens with zero attached hydrogens (tertiary/aromatic N) is 6. The number of fused-ring (bicyclic) bond motifs is 1. The minimum atomic E-state index is -0.296. The summed E-state index contributed by atoms with van der Waals surface area (Å²) < 4.78 is 1.73. The monoisotopic (exact) mass is 545 g/mol. The van der Waals surface area contributed by atoms with Crippen LogP contribution in [0.25, 0.3) is 27.5 Å². The van der Waals surface area contributed by atoms with Gasteiger partial charge in [-0.25, -0.2) is 14.5 Å². The normalized spacial score (nSPS) is 15.9. The molecular formula is C29H35N7O2S. The van der Waals surface area contributed by atoms with Gasteiger partial charge in [-0.3, -0.25) is 9.59 Å².